The molecule has 3 aromatic carbocycles. The molecular formula is C23H17FN2O. The SMILES string of the molecule is Cc1ccc2cccc(N(C(=O)c3cccc(F)c3)c3ccccc3)c2n1. The number of hydrogen-bond acceptors (Lipinski definition) is 2. The van der Waals surface area contributed by atoms with Crippen LogP contribution in [0.3, 0.4) is 0 Å². The van der Waals surface area contributed by atoms with E-state index in [1.807, 2.05) is 67.6 Å². The Balaban J connectivity index is 1.95. The minimum absolute atomic E-state index is 0.281. The van der Waals surface area contributed by atoms with Crippen molar-refractivity contribution in [2.24, 2.45) is 0 Å². The Labute approximate surface area is 156 Å². The van der Waals surface area contributed by atoms with E-state index in [0.717, 1.165) is 16.6 Å². The number of carbonyl (C=O) groups excluding carboxylic acids is 1. The molecule has 1 aromatic heterocycles. The van der Waals surface area contributed by atoms with Gasteiger partial charge in [0, 0.05) is 22.3 Å². The number of aromatic nitrogens is 1. The topological polar surface area (TPSA) is 33.2 Å². The zero-order chi connectivity index (χ0) is 18.8. The molecule has 0 radical (unpaired) electrons. The summed E-state index contributed by atoms with van der Waals surface area (Å²) in [6.07, 6.45) is 0. The standard InChI is InChI=1S/C23H17FN2O/c1-16-13-14-17-7-6-12-21(22(17)25-16)26(20-10-3-2-4-11-20)23(27)18-8-5-9-19(24)15-18/h2-15H,1H3. The second-order valence-corrected chi connectivity index (χ2v) is 6.29. The fraction of sp³-hybridized carbons (Fsp3) is 0.0435. The van der Waals surface area contributed by atoms with E-state index in [2.05, 4.69) is 4.98 Å². The Morgan fingerprint density at radius 3 is 2.44 bits per heavy atom. The van der Waals surface area contributed by atoms with E-state index in [9.17, 15) is 9.18 Å². The van der Waals surface area contributed by atoms with E-state index in [-0.39, 0.29) is 11.5 Å². The number of aryl methyl sites for hydroxylation is 1. The van der Waals surface area contributed by atoms with Gasteiger partial charge in [0.25, 0.3) is 5.91 Å². The third kappa shape index (κ3) is 3.29. The van der Waals surface area contributed by atoms with Gasteiger partial charge in [-0.1, -0.05) is 42.5 Å². The molecule has 132 valence electrons. The molecule has 27 heavy (non-hydrogen) atoms. The Hall–Kier alpha value is -3.53. The highest BCUT2D eigenvalue weighted by Gasteiger charge is 2.22. The van der Waals surface area contributed by atoms with Crippen LogP contribution in [0.25, 0.3) is 10.9 Å². The van der Waals surface area contributed by atoms with Crippen LogP contribution in [0.1, 0.15) is 16.1 Å². The summed E-state index contributed by atoms with van der Waals surface area (Å²) in [5, 5.41) is 0.936. The molecule has 0 bridgehead atoms. The van der Waals surface area contributed by atoms with Crippen LogP contribution >= 0.6 is 0 Å². The van der Waals surface area contributed by atoms with Gasteiger partial charge in [0.05, 0.1) is 11.2 Å². The maximum atomic E-state index is 13.7. The van der Waals surface area contributed by atoms with Crippen molar-refractivity contribution in [1.29, 1.82) is 0 Å². The lowest BCUT2D eigenvalue weighted by atomic mass is 10.1. The van der Waals surface area contributed by atoms with Crippen molar-refractivity contribution in [3.05, 3.63) is 102 Å². The lowest BCUT2D eigenvalue weighted by Gasteiger charge is -2.24. The zero-order valence-electron chi connectivity index (χ0n) is 14.8. The molecule has 0 atom stereocenters. The van der Waals surface area contributed by atoms with E-state index in [1.165, 1.54) is 18.2 Å². The molecule has 0 N–H and O–H groups in total. The second-order valence-electron chi connectivity index (χ2n) is 6.29. The zero-order valence-corrected chi connectivity index (χ0v) is 14.8. The highest BCUT2D eigenvalue weighted by Crippen LogP contribution is 2.33. The van der Waals surface area contributed by atoms with Crippen LogP contribution < -0.4 is 4.90 Å². The number of para-hydroxylation sites is 2. The van der Waals surface area contributed by atoms with Gasteiger partial charge in [0.1, 0.15) is 5.82 Å². The molecule has 0 unspecified atom stereocenters. The number of fused-ring (bicyclic) bond motifs is 1. The van der Waals surface area contributed by atoms with E-state index in [4.69, 9.17) is 0 Å². The van der Waals surface area contributed by atoms with Gasteiger partial charge in [0.15, 0.2) is 0 Å². The minimum atomic E-state index is -0.444. The van der Waals surface area contributed by atoms with Gasteiger partial charge >= 0.3 is 0 Å². The fourth-order valence-corrected chi connectivity index (χ4v) is 3.10. The van der Waals surface area contributed by atoms with Crippen LogP contribution in [0, 0.1) is 12.7 Å². The third-order valence-electron chi connectivity index (χ3n) is 4.37. The van der Waals surface area contributed by atoms with Crippen molar-refractivity contribution in [2.75, 3.05) is 4.90 Å². The summed E-state index contributed by atoms with van der Waals surface area (Å²) in [6.45, 7) is 1.91. The van der Waals surface area contributed by atoms with Crippen molar-refractivity contribution >= 4 is 28.2 Å². The summed E-state index contributed by atoms with van der Waals surface area (Å²) in [6, 6.07) is 24.7. The molecule has 3 nitrogen and oxygen atoms in total. The number of rotatable bonds is 3. The number of nitrogens with zero attached hydrogens (tertiary/aromatic N) is 2. The van der Waals surface area contributed by atoms with Gasteiger partial charge in [0.2, 0.25) is 0 Å². The normalized spacial score (nSPS) is 10.7. The molecule has 0 saturated carbocycles. The van der Waals surface area contributed by atoms with Crippen molar-refractivity contribution in [2.45, 2.75) is 6.92 Å². The minimum Gasteiger partial charge on any atom is -0.275 e. The molecule has 0 aliphatic rings. The number of benzene rings is 3. The maximum Gasteiger partial charge on any atom is 0.263 e. The molecule has 1 heterocycles. The smallest absolute Gasteiger partial charge is 0.263 e. The number of carbonyl (C=O) groups is 1. The summed E-state index contributed by atoms with van der Waals surface area (Å²) < 4.78 is 13.7. The lowest BCUT2D eigenvalue weighted by Crippen LogP contribution is -2.26. The average Bonchev–Trinajstić information content (AvgIpc) is 2.69. The van der Waals surface area contributed by atoms with Crippen molar-refractivity contribution in [3.63, 3.8) is 0 Å². The van der Waals surface area contributed by atoms with Gasteiger partial charge in [-0.25, -0.2) is 4.39 Å². The summed E-state index contributed by atoms with van der Waals surface area (Å²) in [5.74, 6) is -0.753. The van der Waals surface area contributed by atoms with Crippen LogP contribution in [0.15, 0.2) is 84.9 Å². The van der Waals surface area contributed by atoms with Gasteiger partial charge in [-0.05, 0) is 49.4 Å². The first kappa shape index (κ1) is 16.9. The number of anilines is 2. The summed E-state index contributed by atoms with van der Waals surface area (Å²) in [7, 11) is 0. The van der Waals surface area contributed by atoms with Gasteiger partial charge in [-0.15, -0.1) is 0 Å². The first-order valence-electron chi connectivity index (χ1n) is 8.65. The molecule has 0 spiro atoms. The lowest BCUT2D eigenvalue weighted by molar-refractivity contribution is 0.0999. The summed E-state index contributed by atoms with van der Waals surface area (Å²) in [4.78, 5) is 19.6. The largest absolute Gasteiger partial charge is 0.275 e. The Morgan fingerprint density at radius 2 is 1.67 bits per heavy atom. The Kier molecular flexibility index (Phi) is 4.38. The average molecular weight is 356 g/mol. The van der Waals surface area contributed by atoms with E-state index in [1.54, 1.807) is 11.0 Å². The fourth-order valence-electron chi connectivity index (χ4n) is 3.10. The highest BCUT2D eigenvalue weighted by molar-refractivity contribution is 6.14. The molecule has 0 saturated heterocycles. The van der Waals surface area contributed by atoms with E-state index < -0.39 is 5.82 Å². The number of halogens is 1. The number of amides is 1. The van der Waals surface area contributed by atoms with E-state index in [0.29, 0.717) is 11.4 Å². The molecule has 0 aliphatic carbocycles. The van der Waals surface area contributed by atoms with Crippen molar-refractivity contribution in [1.82, 2.24) is 4.98 Å². The summed E-state index contributed by atoms with van der Waals surface area (Å²) in [5.41, 5.74) is 3.23. The molecule has 0 aliphatic heterocycles. The molecule has 0 fully saturated rings. The second kappa shape index (κ2) is 7.00. The van der Waals surface area contributed by atoms with Crippen LogP contribution in [0.5, 0.6) is 0 Å². The molecule has 4 rings (SSSR count). The van der Waals surface area contributed by atoms with E-state index >= 15 is 0 Å². The molecular weight excluding hydrogens is 339 g/mol. The molecule has 4 aromatic rings. The van der Waals surface area contributed by atoms with Gasteiger partial charge < -0.3 is 0 Å². The van der Waals surface area contributed by atoms with Gasteiger partial charge in [-0.2, -0.15) is 0 Å². The highest BCUT2D eigenvalue weighted by atomic mass is 19.1. The number of hydrogen-bond donors (Lipinski definition) is 0. The van der Waals surface area contributed by atoms with Crippen LogP contribution in [0.4, 0.5) is 15.8 Å². The molecule has 1 amide bonds. The van der Waals surface area contributed by atoms with Crippen LogP contribution in [-0.4, -0.2) is 10.9 Å². The third-order valence-corrected chi connectivity index (χ3v) is 4.37. The van der Waals surface area contributed by atoms with Crippen LogP contribution in [-0.2, 0) is 0 Å². The quantitative estimate of drug-likeness (QED) is 0.474. The van der Waals surface area contributed by atoms with Crippen molar-refractivity contribution < 1.29 is 9.18 Å². The van der Waals surface area contributed by atoms with Gasteiger partial charge in [-0.3, -0.25) is 14.7 Å². The van der Waals surface area contributed by atoms with Crippen molar-refractivity contribution in [3.8, 4) is 0 Å². The first-order valence-corrected chi connectivity index (χ1v) is 8.65. The predicted octanol–water partition coefficient (Wildman–Crippen LogP) is 5.66. The Morgan fingerprint density at radius 1 is 0.889 bits per heavy atom. The van der Waals surface area contributed by atoms with Crippen LogP contribution in [0.2, 0.25) is 0 Å². The predicted molar refractivity (Wildman–Crippen MR) is 106 cm³/mol. The first-order chi connectivity index (χ1) is 13.1. The Bertz CT molecular complexity index is 1130. The summed E-state index contributed by atoms with van der Waals surface area (Å²) >= 11 is 0. The molecule has 4 heteroatoms. The maximum absolute atomic E-state index is 13.7. The number of pyridine rings is 1. The monoisotopic (exact) mass is 356 g/mol.